The highest BCUT2D eigenvalue weighted by Crippen LogP contribution is 2.09. The van der Waals surface area contributed by atoms with Crippen LogP contribution in [0.3, 0.4) is 0 Å². The van der Waals surface area contributed by atoms with Gasteiger partial charge in [0.25, 0.3) is 0 Å². The maximum Gasteiger partial charge on any atom is 0.248 e. The van der Waals surface area contributed by atoms with Crippen molar-refractivity contribution in [3.8, 4) is 0 Å². The smallest absolute Gasteiger partial charge is 0.248 e. The van der Waals surface area contributed by atoms with Gasteiger partial charge in [0.1, 0.15) is 0 Å². The molecule has 2 atom stereocenters. The van der Waals surface area contributed by atoms with Crippen molar-refractivity contribution in [1.29, 1.82) is 0 Å². The lowest BCUT2D eigenvalue weighted by Crippen LogP contribution is -2.28. The number of hydrogen-bond acceptors (Lipinski definition) is 5. The van der Waals surface area contributed by atoms with Gasteiger partial charge in [-0.1, -0.05) is 0 Å². The largest absolute Gasteiger partial charge is 0.389 e. The molecule has 1 rings (SSSR count). The zero-order valence-electron chi connectivity index (χ0n) is 11.8. The number of benzene rings is 1. The number of carbonyl (C=O) groups excluding carboxylic acids is 1. The lowest BCUT2D eigenvalue weighted by atomic mass is 10.2. The van der Waals surface area contributed by atoms with E-state index in [9.17, 15) is 9.90 Å². The van der Waals surface area contributed by atoms with E-state index in [0.717, 1.165) is 5.69 Å². The van der Waals surface area contributed by atoms with Crippen LogP contribution in [0.15, 0.2) is 24.3 Å². The molecule has 0 aliphatic heterocycles. The molecular weight excluding hydrogens is 260 g/mol. The Morgan fingerprint density at radius 2 is 2.00 bits per heavy atom. The van der Waals surface area contributed by atoms with Crippen molar-refractivity contribution in [3.05, 3.63) is 29.8 Å². The van der Waals surface area contributed by atoms with Crippen molar-refractivity contribution < 1.29 is 19.4 Å². The topological polar surface area (TPSA) is 93.8 Å². The van der Waals surface area contributed by atoms with Gasteiger partial charge in [0.2, 0.25) is 5.91 Å². The van der Waals surface area contributed by atoms with Crippen molar-refractivity contribution in [2.75, 3.05) is 32.2 Å². The van der Waals surface area contributed by atoms with Crippen molar-refractivity contribution in [1.82, 2.24) is 0 Å². The van der Waals surface area contributed by atoms with Gasteiger partial charge in [0.05, 0.1) is 25.4 Å². The van der Waals surface area contributed by atoms with Crippen molar-refractivity contribution >= 4 is 11.6 Å². The number of aliphatic hydroxyl groups is 1. The molecule has 0 aliphatic rings. The standard InChI is InChI=1S/C14H22N2O4/c1-10(8-19-2)20-9-13(17)7-16-12-5-3-11(4-6-12)14(15)18/h3-6,10,13,16-17H,7-9H2,1-2H3,(H2,15,18). The lowest BCUT2D eigenvalue weighted by Gasteiger charge is -2.16. The number of hydrogen-bond donors (Lipinski definition) is 3. The van der Waals surface area contributed by atoms with E-state index in [1.807, 2.05) is 6.92 Å². The first-order valence-corrected chi connectivity index (χ1v) is 6.45. The Morgan fingerprint density at radius 3 is 2.55 bits per heavy atom. The van der Waals surface area contributed by atoms with E-state index in [0.29, 0.717) is 18.7 Å². The van der Waals surface area contributed by atoms with E-state index >= 15 is 0 Å². The Kier molecular flexibility index (Phi) is 7.00. The summed E-state index contributed by atoms with van der Waals surface area (Å²) < 4.78 is 10.3. The van der Waals surface area contributed by atoms with E-state index in [-0.39, 0.29) is 12.7 Å². The fourth-order valence-electron chi connectivity index (χ4n) is 1.61. The normalized spacial score (nSPS) is 13.8. The van der Waals surface area contributed by atoms with E-state index in [4.69, 9.17) is 15.2 Å². The Balaban J connectivity index is 2.30. The number of aliphatic hydroxyl groups excluding tert-OH is 1. The SMILES string of the molecule is COCC(C)OCC(O)CNc1ccc(C(N)=O)cc1. The molecular formula is C14H22N2O4. The predicted molar refractivity (Wildman–Crippen MR) is 76.7 cm³/mol. The van der Waals surface area contributed by atoms with Crippen LogP contribution in [-0.4, -0.2) is 50.1 Å². The summed E-state index contributed by atoms with van der Waals surface area (Å²) in [6.07, 6.45) is -0.672. The number of ether oxygens (including phenoxy) is 2. The summed E-state index contributed by atoms with van der Waals surface area (Å²) in [6.45, 7) is 2.97. The van der Waals surface area contributed by atoms with Crippen LogP contribution in [0.25, 0.3) is 0 Å². The highest BCUT2D eigenvalue weighted by Gasteiger charge is 2.08. The quantitative estimate of drug-likeness (QED) is 0.617. The van der Waals surface area contributed by atoms with E-state index in [1.165, 1.54) is 0 Å². The van der Waals surface area contributed by atoms with Crippen molar-refractivity contribution in [3.63, 3.8) is 0 Å². The third-order valence-electron chi connectivity index (χ3n) is 2.69. The Bertz CT molecular complexity index is 408. The number of methoxy groups -OCH3 is 1. The molecule has 20 heavy (non-hydrogen) atoms. The molecule has 0 saturated heterocycles. The zero-order chi connectivity index (χ0) is 15.0. The van der Waals surface area contributed by atoms with Crippen LogP contribution in [0.1, 0.15) is 17.3 Å². The van der Waals surface area contributed by atoms with Crippen LogP contribution in [0.2, 0.25) is 0 Å². The molecule has 0 radical (unpaired) electrons. The molecule has 2 unspecified atom stereocenters. The van der Waals surface area contributed by atoms with Crippen LogP contribution >= 0.6 is 0 Å². The predicted octanol–water partition coefficient (Wildman–Crippen LogP) is 0.610. The maximum atomic E-state index is 10.9. The Morgan fingerprint density at radius 1 is 1.35 bits per heavy atom. The van der Waals surface area contributed by atoms with Gasteiger partial charge in [0.15, 0.2) is 0 Å². The number of amides is 1. The second-order valence-corrected chi connectivity index (χ2v) is 4.58. The average molecular weight is 282 g/mol. The minimum atomic E-state index is -0.620. The van der Waals surface area contributed by atoms with Gasteiger partial charge in [-0.05, 0) is 31.2 Å². The number of primary amides is 1. The number of carbonyl (C=O) groups is 1. The van der Waals surface area contributed by atoms with Gasteiger partial charge in [-0.25, -0.2) is 0 Å². The summed E-state index contributed by atoms with van der Waals surface area (Å²) in [6, 6.07) is 6.74. The summed E-state index contributed by atoms with van der Waals surface area (Å²) in [4.78, 5) is 10.9. The zero-order valence-corrected chi connectivity index (χ0v) is 11.8. The molecule has 1 aromatic carbocycles. The fraction of sp³-hybridized carbons (Fsp3) is 0.500. The van der Waals surface area contributed by atoms with E-state index in [2.05, 4.69) is 5.32 Å². The molecule has 0 fully saturated rings. The second-order valence-electron chi connectivity index (χ2n) is 4.58. The number of anilines is 1. The maximum absolute atomic E-state index is 10.9. The highest BCUT2D eigenvalue weighted by molar-refractivity contribution is 5.93. The third kappa shape index (κ3) is 6.01. The summed E-state index contributed by atoms with van der Waals surface area (Å²) >= 11 is 0. The summed E-state index contributed by atoms with van der Waals surface area (Å²) in [5, 5.41) is 12.8. The number of nitrogens with two attached hydrogens (primary N) is 1. The van der Waals surface area contributed by atoms with Gasteiger partial charge in [-0.15, -0.1) is 0 Å². The first-order valence-electron chi connectivity index (χ1n) is 6.45. The third-order valence-corrected chi connectivity index (χ3v) is 2.69. The summed E-state index contributed by atoms with van der Waals surface area (Å²) in [7, 11) is 1.60. The minimum Gasteiger partial charge on any atom is -0.389 e. The monoisotopic (exact) mass is 282 g/mol. The molecule has 0 heterocycles. The Labute approximate surface area is 118 Å². The summed E-state index contributed by atoms with van der Waals surface area (Å²) in [5.41, 5.74) is 6.41. The molecule has 112 valence electrons. The van der Waals surface area contributed by atoms with Gasteiger partial charge in [-0.2, -0.15) is 0 Å². The minimum absolute atomic E-state index is 0.0514. The number of rotatable bonds is 9. The highest BCUT2D eigenvalue weighted by atomic mass is 16.5. The van der Waals surface area contributed by atoms with Gasteiger partial charge >= 0.3 is 0 Å². The lowest BCUT2D eigenvalue weighted by molar-refractivity contribution is -0.0282. The first kappa shape index (κ1) is 16.4. The van der Waals surface area contributed by atoms with Gasteiger partial charge in [-0.3, -0.25) is 4.79 Å². The molecule has 4 N–H and O–H groups in total. The van der Waals surface area contributed by atoms with Crippen LogP contribution in [-0.2, 0) is 9.47 Å². The van der Waals surface area contributed by atoms with Crippen molar-refractivity contribution in [2.24, 2.45) is 5.73 Å². The molecule has 0 aromatic heterocycles. The molecule has 0 saturated carbocycles. The van der Waals surface area contributed by atoms with Crippen molar-refractivity contribution in [2.45, 2.75) is 19.1 Å². The fourth-order valence-corrected chi connectivity index (χ4v) is 1.61. The molecule has 1 aromatic rings. The summed E-state index contributed by atoms with van der Waals surface area (Å²) in [5.74, 6) is -0.461. The van der Waals surface area contributed by atoms with E-state index < -0.39 is 12.0 Å². The molecule has 1 amide bonds. The van der Waals surface area contributed by atoms with Crippen LogP contribution in [0, 0.1) is 0 Å². The van der Waals surface area contributed by atoms with Gasteiger partial charge < -0.3 is 25.6 Å². The first-order chi connectivity index (χ1) is 9.52. The number of nitrogens with one attached hydrogen (secondary N) is 1. The van der Waals surface area contributed by atoms with Crippen LogP contribution in [0.4, 0.5) is 5.69 Å². The Hall–Kier alpha value is -1.63. The molecule has 0 spiro atoms. The average Bonchev–Trinajstić information content (AvgIpc) is 2.43. The van der Waals surface area contributed by atoms with Crippen LogP contribution < -0.4 is 11.1 Å². The van der Waals surface area contributed by atoms with E-state index in [1.54, 1.807) is 31.4 Å². The molecule has 6 nitrogen and oxygen atoms in total. The molecule has 0 bridgehead atoms. The molecule has 6 heteroatoms. The molecule has 0 aliphatic carbocycles. The van der Waals surface area contributed by atoms with Gasteiger partial charge in [0, 0.05) is 24.9 Å². The second kappa shape index (κ2) is 8.52. The van der Waals surface area contributed by atoms with Crippen LogP contribution in [0.5, 0.6) is 0 Å².